The molecule has 3 aromatic rings. The summed E-state index contributed by atoms with van der Waals surface area (Å²) in [7, 11) is 0. The Kier molecular flexibility index (Phi) is 4.99. The lowest BCUT2D eigenvalue weighted by Crippen LogP contribution is -2.43. The molecule has 5 heteroatoms. The van der Waals surface area contributed by atoms with Crippen LogP contribution in [0.4, 0.5) is 11.4 Å². The number of halogens is 1. The first-order chi connectivity index (χ1) is 13.2. The van der Waals surface area contributed by atoms with Crippen molar-refractivity contribution in [2.75, 3.05) is 23.4 Å². The van der Waals surface area contributed by atoms with E-state index in [4.69, 9.17) is 16.3 Å². The highest BCUT2D eigenvalue weighted by atomic mass is 35.5. The number of rotatable bonds is 4. The fraction of sp³-hybridized carbons (Fsp3) is 0.136. The van der Waals surface area contributed by atoms with Crippen LogP contribution in [0, 0.1) is 0 Å². The average molecular weight is 379 g/mol. The van der Waals surface area contributed by atoms with Gasteiger partial charge in [0.2, 0.25) is 0 Å². The van der Waals surface area contributed by atoms with Gasteiger partial charge in [-0.25, -0.2) is 0 Å². The number of hydrogen-bond acceptors (Lipinski definition) is 3. The first kappa shape index (κ1) is 17.4. The third-order valence-electron chi connectivity index (χ3n) is 4.57. The number of para-hydroxylation sites is 2. The lowest BCUT2D eigenvalue weighted by atomic mass is 10.0. The van der Waals surface area contributed by atoms with Gasteiger partial charge >= 0.3 is 0 Å². The summed E-state index contributed by atoms with van der Waals surface area (Å²) in [6.07, 6.45) is 0. The van der Waals surface area contributed by atoms with Gasteiger partial charge in [0.15, 0.2) is 6.61 Å². The van der Waals surface area contributed by atoms with Crippen molar-refractivity contribution in [3.8, 4) is 5.75 Å². The molecular formula is C22H19ClN2O2. The number of carbonyl (C=O) groups excluding carboxylic acids is 1. The molecule has 0 saturated carbocycles. The normalized spacial score (nSPS) is 15.6. The zero-order valence-electron chi connectivity index (χ0n) is 14.6. The number of amides is 1. The van der Waals surface area contributed by atoms with Crippen LogP contribution >= 0.6 is 11.6 Å². The lowest BCUT2D eigenvalue weighted by Gasteiger charge is -2.36. The van der Waals surface area contributed by atoms with E-state index in [1.807, 2.05) is 42.5 Å². The Bertz CT molecular complexity index is 929. The van der Waals surface area contributed by atoms with Gasteiger partial charge in [0.25, 0.3) is 5.91 Å². The number of nitrogens with zero attached hydrogens (tertiary/aromatic N) is 1. The Morgan fingerprint density at radius 3 is 2.48 bits per heavy atom. The molecule has 0 aromatic heterocycles. The quantitative estimate of drug-likeness (QED) is 0.700. The Balaban J connectivity index is 1.54. The van der Waals surface area contributed by atoms with Crippen molar-refractivity contribution in [2.24, 2.45) is 0 Å². The predicted octanol–water partition coefficient (Wildman–Crippen LogP) is 4.92. The second-order valence-electron chi connectivity index (χ2n) is 6.37. The number of carbonyl (C=O) groups is 1. The van der Waals surface area contributed by atoms with Crippen LogP contribution in [0.25, 0.3) is 0 Å². The summed E-state index contributed by atoms with van der Waals surface area (Å²) in [4.78, 5) is 14.7. The highest BCUT2D eigenvalue weighted by Crippen LogP contribution is 2.35. The molecule has 0 aliphatic carbocycles. The standard InChI is InChI=1S/C22H19ClN2O2/c23-17-10-12-18(13-11-17)27-15-22(26)25-14-20(16-6-2-1-3-7-16)24-19-8-4-5-9-21(19)25/h1-13,20,24H,14-15H2. The molecule has 1 N–H and O–H groups in total. The fourth-order valence-electron chi connectivity index (χ4n) is 3.21. The highest BCUT2D eigenvalue weighted by Gasteiger charge is 2.28. The van der Waals surface area contributed by atoms with Gasteiger partial charge in [0, 0.05) is 5.02 Å². The second kappa shape index (κ2) is 7.72. The van der Waals surface area contributed by atoms with Crippen molar-refractivity contribution in [2.45, 2.75) is 6.04 Å². The molecule has 1 aliphatic rings. The summed E-state index contributed by atoms with van der Waals surface area (Å²) in [6.45, 7) is 0.515. The number of ether oxygens (including phenoxy) is 1. The molecular weight excluding hydrogens is 360 g/mol. The third kappa shape index (κ3) is 3.91. The van der Waals surface area contributed by atoms with Crippen LogP contribution in [0.1, 0.15) is 11.6 Å². The molecule has 1 aliphatic heterocycles. The summed E-state index contributed by atoms with van der Waals surface area (Å²) in [5.74, 6) is 0.538. The van der Waals surface area contributed by atoms with Crippen LogP contribution in [0.5, 0.6) is 5.75 Å². The van der Waals surface area contributed by atoms with Gasteiger partial charge in [-0.3, -0.25) is 4.79 Å². The zero-order chi connectivity index (χ0) is 18.6. The maximum atomic E-state index is 12.9. The van der Waals surface area contributed by atoms with E-state index in [2.05, 4.69) is 17.4 Å². The van der Waals surface area contributed by atoms with E-state index in [9.17, 15) is 4.79 Å². The van der Waals surface area contributed by atoms with Crippen LogP contribution in [-0.2, 0) is 4.79 Å². The van der Waals surface area contributed by atoms with Crippen molar-refractivity contribution in [1.82, 2.24) is 0 Å². The van der Waals surface area contributed by atoms with Crippen molar-refractivity contribution in [3.05, 3.63) is 89.4 Å². The van der Waals surface area contributed by atoms with Crippen molar-refractivity contribution >= 4 is 28.9 Å². The summed E-state index contributed by atoms with van der Waals surface area (Å²) < 4.78 is 5.66. The number of nitrogens with one attached hydrogen (secondary N) is 1. The van der Waals surface area contributed by atoms with E-state index in [0.717, 1.165) is 16.9 Å². The van der Waals surface area contributed by atoms with Gasteiger partial charge in [0.05, 0.1) is 24.0 Å². The number of anilines is 2. The maximum absolute atomic E-state index is 12.9. The number of fused-ring (bicyclic) bond motifs is 1. The molecule has 0 spiro atoms. The molecule has 0 radical (unpaired) electrons. The van der Waals surface area contributed by atoms with Gasteiger partial charge in [-0.15, -0.1) is 0 Å². The molecule has 27 heavy (non-hydrogen) atoms. The molecule has 1 atom stereocenters. The van der Waals surface area contributed by atoms with E-state index in [0.29, 0.717) is 17.3 Å². The van der Waals surface area contributed by atoms with Crippen LogP contribution in [-0.4, -0.2) is 19.1 Å². The van der Waals surface area contributed by atoms with Gasteiger partial charge in [-0.2, -0.15) is 0 Å². The Morgan fingerprint density at radius 2 is 1.70 bits per heavy atom. The minimum Gasteiger partial charge on any atom is -0.484 e. The van der Waals surface area contributed by atoms with Gasteiger partial charge in [-0.05, 0) is 42.0 Å². The molecule has 0 bridgehead atoms. The molecule has 3 aromatic carbocycles. The van der Waals surface area contributed by atoms with Crippen LogP contribution < -0.4 is 15.0 Å². The first-order valence-electron chi connectivity index (χ1n) is 8.80. The molecule has 0 saturated heterocycles. The Morgan fingerprint density at radius 1 is 1.00 bits per heavy atom. The molecule has 136 valence electrons. The van der Waals surface area contributed by atoms with Crippen molar-refractivity contribution < 1.29 is 9.53 Å². The van der Waals surface area contributed by atoms with Gasteiger partial charge in [-0.1, -0.05) is 54.1 Å². The average Bonchev–Trinajstić information content (AvgIpc) is 2.73. The van der Waals surface area contributed by atoms with Crippen LogP contribution in [0.3, 0.4) is 0 Å². The van der Waals surface area contributed by atoms with E-state index in [-0.39, 0.29) is 18.6 Å². The molecule has 4 nitrogen and oxygen atoms in total. The highest BCUT2D eigenvalue weighted by molar-refractivity contribution is 6.30. The fourth-order valence-corrected chi connectivity index (χ4v) is 3.34. The predicted molar refractivity (Wildman–Crippen MR) is 109 cm³/mol. The smallest absolute Gasteiger partial charge is 0.265 e. The maximum Gasteiger partial charge on any atom is 0.265 e. The molecule has 1 unspecified atom stereocenters. The molecule has 1 amide bonds. The summed E-state index contributed by atoms with van der Waals surface area (Å²) >= 11 is 5.89. The monoisotopic (exact) mass is 378 g/mol. The SMILES string of the molecule is O=C(COc1ccc(Cl)cc1)N1CC(c2ccccc2)Nc2ccccc21. The number of benzene rings is 3. The Labute approximate surface area is 163 Å². The third-order valence-corrected chi connectivity index (χ3v) is 4.82. The minimum atomic E-state index is -0.0835. The van der Waals surface area contributed by atoms with Crippen molar-refractivity contribution in [1.29, 1.82) is 0 Å². The summed E-state index contributed by atoms with van der Waals surface area (Å²) in [6, 6.07) is 25.0. The first-order valence-corrected chi connectivity index (χ1v) is 9.18. The number of hydrogen-bond donors (Lipinski definition) is 1. The largest absolute Gasteiger partial charge is 0.484 e. The van der Waals surface area contributed by atoms with Crippen LogP contribution in [0.2, 0.25) is 5.02 Å². The topological polar surface area (TPSA) is 41.6 Å². The second-order valence-corrected chi connectivity index (χ2v) is 6.81. The Hall–Kier alpha value is -2.98. The van der Waals surface area contributed by atoms with Gasteiger partial charge < -0.3 is 15.0 Å². The van der Waals surface area contributed by atoms with Crippen LogP contribution in [0.15, 0.2) is 78.9 Å². The van der Waals surface area contributed by atoms with Crippen molar-refractivity contribution in [3.63, 3.8) is 0 Å². The summed E-state index contributed by atoms with van der Waals surface area (Å²) in [5.41, 5.74) is 2.95. The summed E-state index contributed by atoms with van der Waals surface area (Å²) in [5, 5.41) is 4.16. The zero-order valence-corrected chi connectivity index (χ0v) is 15.4. The lowest BCUT2D eigenvalue weighted by molar-refractivity contribution is -0.120. The van der Waals surface area contributed by atoms with E-state index < -0.39 is 0 Å². The van der Waals surface area contributed by atoms with E-state index in [1.54, 1.807) is 29.2 Å². The minimum absolute atomic E-state index is 0.0283. The van der Waals surface area contributed by atoms with E-state index in [1.165, 1.54) is 0 Å². The molecule has 4 rings (SSSR count). The van der Waals surface area contributed by atoms with Gasteiger partial charge in [0.1, 0.15) is 5.75 Å². The van der Waals surface area contributed by atoms with E-state index >= 15 is 0 Å². The molecule has 1 heterocycles. The molecule has 0 fully saturated rings.